The van der Waals surface area contributed by atoms with Crippen LogP contribution in [0.1, 0.15) is 24.5 Å². The molecule has 1 aliphatic rings. The Kier molecular flexibility index (Phi) is 8.11. The second-order valence-corrected chi connectivity index (χ2v) is 9.74. The number of carbonyl (C=O) groups is 1. The number of nitrogens with zero attached hydrogens (tertiary/aromatic N) is 1. The van der Waals surface area contributed by atoms with Gasteiger partial charge in [-0.1, -0.05) is 19.1 Å². The van der Waals surface area contributed by atoms with Crippen LogP contribution in [0.3, 0.4) is 0 Å². The molecule has 0 saturated heterocycles. The molecule has 0 saturated carbocycles. The van der Waals surface area contributed by atoms with E-state index in [1.165, 1.54) is 18.2 Å². The number of fused-ring (bicyclic) bond motifs is 1. The molecule has 0 unspecified atom stereocenters. The molecule has 0 atom stereocenters. The number of halogens is 5. The van der Waals surface area contributed by atoms with E-state index in [1.807, 2.05) is 0 Å². The molecule has 0 radical (unpaired) electrons. The summed E-state index contributed by atoms with van der Waals surface area (Å²) in [6, 6.07) is 9.98. The third-order valence-corrected chi connectivity index (χ3v) is 7.44. The van der Waals surface area contributed by atoms with Crippen LogP contribution in [0.2, 0.25) is 0 Å². The van der Waals surface area contributed by atoms with Gasteiger partial charge in [-0.3, -0.25) is 9.10 Å². The van der Waals surface area contributed by atoms with Gasteiger partial charge in [0.1, 0.15) is 24.0 Å². The SMILES string of the molecule is CCC(=O)O.Cc1c(C(F)(F)F)cccc1S(=O)(=O)N1CCOc2ccc(-c3cc(F)ccc3F)cc21. The van der Waals surface area contributed by atoms with Crippen molar-refractivity contribution in [2.75, 3.05) is 17.5 Å². The van der Waals surface area contributed by atoms with Crippen molar-refractivity contribution in [3.05, 3.63) is 77.4 Å². The quantitative estimate of drug-likeness (QED) is 0.407. The summed E-state index contributed by atoms with van der Waals surface area (Å²) in [5.74, 6) is -1.99. The first-order valence-corrected chi connectivity index (χ1v) is 12.3. The number of rotatable bonds is 4. The topological polar surface area (TPSA) is 83.9 Å². The molecule has 0 aromatic heterocycles. The molecule has 1 heterocycles. The van der Waals surface area contributed by atoms with Crippen molar-refractivity contribution in [3.63, 3.8) is 0 Å². The van der Waals surface area contributed by atoms with Crippen LogP contribution in [0.15, 0.2) is 59.5 Å². The molecule has 1 aliphatic heterocycles. The lowest BCUT2D eigenvalue weighted by Gasteiger charge is -2.31. The highest BCUT2D eigenvalue weighted by atomic mass is 32.2. The molecule has 1 N–H and O–H groups in total. The minimum Gasteiger partial charge on any atom is -0.489 e. The zero-order valence-corrected chi connectivity index (χ0v) is 20.5. The standard InChI is InChI=1S/C22H16F5NO3S.C3H6O2/c1-13-17(22(25,26)27)3-2-4-21(13)32(29,30)28-9-10-31-20-8-5-14(11-19(20)28)16-12-15(23)6-7-18(16)24;1-2-3(4)5/h2-8,11-12H,9-10H2,1H3;2H2,1H3,(H,4,5). The third-order valence-electron chi connectivity index (χ3n) is 5.48. The van der Waals surface area contributed by atoms with E-state index in [0.29, 0.717) is 0 Å². The van der Waals surface area contributed by atoms with Gasteiger partial charge in [0.15, 0.2) is 0 Å². The van der Waals surface area contributed by atoms with E-state index in [1.54, 1.807) is 6.92 Å². The van der Waals surface area contributed by atoms with Crippen LogP contribution in [-0.2, 0) is 21.0 Å². The molecule has 12 heteroatoms. The van der Waals surface area contributed by atoms with Gasteiger partial charge in [-0.2, -0.15) is 13.2 Å². The molecule has 3 aromatic rings. The number of benzene rings is 3. The maximum absolute atomic E-state index is 14.3. The van der Waals surface area contributed by atoms with Gasteiger partial charge in [-0.25, -0.2) is 17.2 Å². The van der Waals surface area contributed by atoms with Gasteiger partial charge >= 0.3 is 12.1 Å². The number of carboxylic acids is 1. The van der Waals surface area contributed by atoms with Gasteiger partial charge in [-0.15, -0.1) is 0 Å². The molecule has 0 fully saturated rings. The minimum atomic E-state index is -4.72. The lowest BCUT2D eigenvalue weighted by Crippen LogP contribution is -2.38. The van der Waals surface area contributed by atoms with Crippen LogP contribution in [0.25, 0.3) is 11.1 Å². The first-order chi connectivity index (χ1) is 17.3. The fourth-order valence-electron chi connectivity index (χ4n) is 3.65. The smallest absolute Gasteiger partial charge is 0.416 e. The Balaban J connectivity index is 0.000000695. The van der Waals surface area contributed by atoms with Crippen LogP contribution < -0.4 is 9.04 Å². The van der Waals surface area contributed by atoms with Crippen molar-refractivity contribution in [2.24, 2.45) is 0 Å². The maximum Gasteiger partial charge on any atom is 0.416 e. The van der Waals surface area contributed by atoms with E-state index in [0.717, 1.165) is 47.6 Å². The molecule has 198 valence electrons. The second-order valence-electron chi connectivity index (χ2n) is 7.91. The van der Waals surface area contributed by atoms with Gasteiger partial charge in [0.2, 0.25) is 0 Å². The fraction of sp³-hybridized carbons (Fsp3) is 0.240. The summed E-state index contributed by atoms with van der Waals surface area (Å²) >= 11 is 0. The normalized spacial score (nSPS) is 13.2. The first-order valence-electron chi connectivity index (χ1n) is 10.9. The van der Waals surface area contributed by atoms with Crippen LogP contribution in [-0.4, -0.2) is 32.6 Å². The number of anilines is 1. The van der Waals surface area contributed by atoms with Gasteiger partial charge in [-0.05, 0) is 60.5 Å². The summed E-state index contributed by atoms with van der Waals surface area (Å²) < 4.78 is 101. The molecule has 0 bridgehead atoms. The van der Waals surface area contributed by atoms with Gasteiger partial charge in [0.25, 0.3) is 10.0 Å². The highest BCUT2D eigenvalue weighted by Gasteiger charge is 2.37. The van der Waals surface area contributed by atoms with E-state index in [2.05, 4.69) is 0 Å². The van der Waals surface area contributed by atoms with Gasteiger partial charge < -0.3 is 9.84 Å². The molecule has 0 spiro atoms. The van der Waals surface area contributed by atoms with Gasteiger partial charge in [0, 0.05) is 12.0 Å². The summed E-state index contributed by atoms with van der Waals surface area (Å²) in [7, 11) is -4.42. The van der Waals surface area contributed by atoms with E-state index < -0.39 is 49.8 Å². The number of sulfonamides is 1. The predicted molar refractivity (Wildman–Crippen MR) is 126 cm³/mol. The van der Waals surface area contributed by atoms with E-state index in [-0.39, 0.29) is 42.1 Å². The second kappa shape index (κ2) is 10.8. The van der Waals surface area contributed by atoms with Gasteiger partial charge in [0.05, 0.1) is 22.7 Å². The lowest BCUT2D eigenvalue weighted by molar-refractivity contribution is -0.138. The summed E-state index contributed by atoms with van der Waals surface area (Å²) in [6.07, 6.45) is -4.50. The van der Waals surface area contributed by atoms with Crippen molar-refractivity contribution >= 4 is 21.7 Å². The van der Waals surface area contributed by atoms with Crippen LogP contribution >= 0.6 is 0 Å². The fourth-order valence-corrected chi connectivity index (χ4v) is 5.35. The van der Waals surface area contributed by atoms with Crippen molar-refractivity contribution in [2.45, 2.75) is 31.3 Å². The van der Waals surface area contributed by atoms with Crippen LogP contribution in [0, 0.1) is 18.6 Å². The summed E-state index contributed by atoms with van der Waals surface area (Å²) in [4.78, 5) is 8.87. The number of ether oxygens (including phenoxy) is 1. The Morgan fingerprint density at radius 3 is 2.38 bits per heavy atom. The van der Waals surface area contributed by atoms with Crippen molar-refractivity contribution in [3.8, 4) is 16.9 Å². The monoisotopic (exact) mass is 543 g/mol. The zero-order valence-electron chi connectivity index (χ0n) is 19.6. The predicted octanol–water partition coefficient (Wildman–Crippen LogP) is 6.03. The lowest BCUT2D eigenvalue weighted by atomic mass is 10.0. The average molecular weight is 544 g/mol. The average Bonchev–Trinajstić information content (AvgIpc) is 2.84. The van der Waals surface area contributed by atoms with E-state index in [4.69, 9.17) is 9.84 Å². The third kappa shape index (κ3) is 6.01. The first kappa shape index (κ1) is 27.9. The summed E-state index contributed by atoms with van der Waals surface area (Å²) in [5.41, 5.74) is -1.37. The highest BCUT2D eigenvalue weighted by Crippen LogP contribution is 2.41. The summed E-state index contributed by atoms with van der Waals surface area (Å²) in [5, 5.41) is 7.72. The molecule has 0 amide bonds. The van der Waals surface area contributed by atoms with E-state index >= 15 is 0 Å². The largest absolute Gasteiger partial charge is 0.489 e. The minimum absolute atomic E-state index is 0.0224. The van der Waals surface area contributed by atoms with E-state index in [9.17, 15) is 35.2 Å². The Labute approximate surface area is 210 Å². The Morgan fingerprint density at radius 2 is 1.76 bits per heavy atom. The highest BCUT2D eigenvalue weighted by molar-refractivity contribution is 7.92. The number of hydrogen-bond donors (Lipinski definition) is 1. The Morgan fingerprint density at radius 1 is 1.08 bits per heavy atom. The molecular formula is C25H22F5NO5S. The molecule has 37 heavy (non-hydrogen) atoms. The molecular weight excluding hydrogens is 521 g/mol. The molecule has 0 aliphatic carbocycles. The summed E-state index contributed by atoms with van der Waals surface area (Å²) in [6.45, 7) is 2.50. The van der Waals surface area contributed by atoms with Crippen LogP contribution in [0.5, 0.6) is 5.75 Å². The maximum atomic E-state index is 14.3. The number of hydrogen-bond acceptors (Lipinski definition) is 4. The molecule has 4 rings (SSSR count). The van der Waals surface area contributed by atoms with Crippen LogP contribution in [0.4, 0.5) is 27.6 Å². The van der Waals surface area contributed by atoms with Crippen molar-refractivity contribution in [1.29, 1.82) is 0 Å². The number of alkyl halides is 3. The zero-order chi connectivity index (χ0) is 27.5. The Bertz CT molecular complexity index is 1420. The number of carboxylic acid groups (broad SMARTS) is 1. The number of aliphatic carboxylic acids is 1. The van der Waals surface area contributed by atoms with Crippen molar-refractivity contribution < 1.29 is 45.0 Å². The van der Waals surface area contributed by atoms with Crippen molar-refractivity contribution in [1.82, 2.24) is 0 Å². The molecule has 6 nitrogen and oxygen atoms in total. The molecule has 3 aromatic carbocycles. The Hall–Kier alpha value is -3.67.